The van der Waals surface area contributed by atoms with Crippen molar-refractivity contribution >= 4 is 0 Å². The van der Waals surface area contributed by atoms with Crippen LogP contribution in [0.2, 0.25) is 0 Å². The van der Waals surface area contributed by atoms with Gasteiger partial charge in [0.15, 0.2) is 0 Å². The lowest BCUT2D eigenvalue weighted by Gasteiger charge is -2.25. The Morgan fingerprint density at radius 1 is 1.30 bits per heavy atom. The van der Waals surface area contributed by atoms with Gasteiger partial charge in [-0.3, -0.25) is 4.90 Å². The van der Waals surface area contributed by atoms with Gasteiger partial charge in [0.25, 0.3) is 0 Å². The van der Waals surface area contributed by atoms with Crippen LogP contribution in [0.1, 0.15) is 18.9 Å². The van der Waals surface area contributed by atoms with E-state index in [-0.39, 0.29) is 18.4 Å². The largest absolute Gasteiger partial charge is 0.573 e. The van der Waals surface area contributed by atoms with Gasteiger partial charge in [0, 0.05) is 12.6 Å². The van der Waals surface area contributed by atoms with Crippen LogP contribution >= 0.6 is 0 Å². The Hall–Kier alpha value is -1.27. The third-order valence-electron chi connectivity index (χ3n) is 3.73. The first-order valence-corrected chi connectivity index (χ1v) is 6.58. The average Bonchev–Trinajstić information content (AvgIpc) is 2.70. The van der Waals surface area contributed by atoms with Gasteiger partial charge in [-0.1, -0.05) is 19.1 Å². The van der Waals surface area contributed by atoms with Crippen LogP contribution in [0.3, 0.4) is 0 Å². The van der Waals surface area contributed by atoms with Crippen LogP contribution in [-0.4, -0.2) is 35.6 Å². The summed E-state index contributed by atoms with van der Waals surface area (Å²) >= 11 is 0. The minimum Gasteiger partial charge on any atom is -0.406 e. The van der Waals surface area contributed by atoms with E-state index in [1.165, 1.54) is 12.1 Å². The Morgan fingerprint density at radius 3 is 2.50 bits per heavy atom. The van der Waals surface area contributed by atoms with Crippen LogP contribution in [0.15, 0.2) is 24.3 Å². The molecule has 0 saturated carbocycles. The van der Waals surface area contributed by atoms with Crippen molar-refractivity contribution in [2.75, 3.05) is 13.2 Å². The fourth-order valence-electron chi connectivity index (χ4n) is 2.61. The van der Waals surface area contributed by atoms with Crippen LogP contribution in [0.4, 0.5) is 13.2 Å². The molecule has 2 unspecified atom stereocenters. The van der Waals surface area contributed by atoms with Crippen molar-refractivity contribution in [3.63, 3.8) is 0 Å². The molecule has 1 N–H and O–H groups in total. The van der Waals surface area contributed by atoms with E-state index in [9.17, 15) is 18.3 Å². The number of hydrogen-bond donors (Lipinski definition) is 1. The molecule has 0 amide bonds. The lowest BCUT2D eigenvalue weighted by molar-refractivity contribution is -0.274. The van der Waals surface area contributed by atoms with E-state index in [2.05, 4.69) is 16.6 Å². The molecule has 1 aliphatic rings. The quantitative estimate of drug-likeness (QED) is 0.925. The lowest BCUT2D eigenvalue weighted by Crippen LogP contribution is -2.34. The van der Waals surface area contributed by atoms with E-state index >= 15 is 0 Å². The maximum atomic E-state index is 12.1. The lowest BCUT2D eigenvalue weighted by atomic mass is 10.0. The molecule has 1 aliphatic heterocycles. The van der Waals surface area contributed by atoms with Crippen molar-refractivity contribution in [2.24, 2.45) is 5.92 Å². The monoisotopic (exact) mass is 289 g/mol. The molecule has 0 radical (unpaired) electrons. The number of rotatable bonds is 4. The molecule has 2 rings (SSSR count). The predicted molar refractivity (Wildman–Crippen MR) is 68.2 cm³/mol. The van der Waals surface area contributed by atoms with Crippen molar-refractivity contribution in [2.45, 2.75) is 32.3 Å². The number of likely N-dealkylation sites (tertiary alicyclic amines) is 1. The van der Waals surface area contributed by atoms with Crippen LogP contribution in [0, 0.1) is 5.92 Å². The van der Waals surface area contributed by atoms with Crippen LogP contribution in [-0.2, 0) is 6.54 Å². The maximum absolute atomic E-state index is 12.1. The van der Waals surface area contributed by atoms with Gasteiger partial charge in [0.1, 0.15) is 5.75 Å². The molecule has 112 valence electrons. The normalized spacial score (nSPS) is 24.1. The molecule has 1 fully saturated rings. The second kappa shape index (κ2) is 6.01. The molecule has 20 heavy (non-hydrogen) atoms. The second-order valence-electron chi connectivity index (χ2n) is 5.18. The number of halogens is 3. The number of benzene rings is 1. The number of alkyl halides is 3. The van der Waals surface area contributed by atoms with Gasteiger partial charge in [0.2, 0.25) is 0 Å². The molecule has 0 spiro atoms. The fraction of sp³-hybridized carbons (Fsp3) is 0.571. The molecule has 0 bridgehead atoms. The van der Waals surface area contributed by atoms with E-state index in [0.717, 1.165) is 18.5 Å². The molecule has 0 aromatic heterocycles. The fourth-order valence-corrected chi connectivity index (χ4v) is 2.61. The minimum absolute atomic E-state index is 0.108. The van der Waals surface area contributed by atoms with Gasteiger partial charge in [-0.15, -0.1) is 13.2 Å². The van der Waals surface area contributed by atoms with Crippen LogP contribution < -0.4 is 4.74 Å². The van der Waals surface area contributed by atoms with Crippen molar-refractivity contribution in [1.29, 1.82) is 0 Å². The zero-order valence-electron chi connectivity index (χ0n) is 11.2. The Morgan fingerprint density at radius 2 is 1.95 bits per heavy atom. The molecular formula is C14H18F3NO2. The standard InChI is InChI=1S/C14H18F3NO2/c1-10-6-7-18(13(10)9-19)8-11-2-4-12(5-3-11)20-14(15,16)17/h2-5,10,13,19H,6-9H2,1H3. The summed E-state index contributed by atoms with van der Waals surface area (Å²) in [5.74, 6) is 0.225. The number of aliphatic hydroxyl groups is 1. The van der Waals surface area contributed by atoms with Gasteiger partial charge < -0.3 is 9.84 Å². The van der Waals surface area contributed by atoms with Crippen molar-refractivity contribution in [3.05, 3.63) is 29.8 Å². The molecule has 1 saturated heterocycles. The van der Waals surface area contributed by atoms with Crippen LogP contribution in [0.5, 0.6) is 5.75 Å². The van der Waals surface area contributed by atoms with E-state index < -0.39 is 6.36 Å². The smallest absolute Gasteiger partial charge is 0.406 e. The van der Waals surface area contributed by atoms with Crippen molar-refractivity contribution < 1.29 is 23.0 Å². The number of hydrogen-bond acceptors (Lipinski definition) is 3. The summed E-state index contributed by atoms with van der Waals surface area (Å²) in [7, 11) is 0. The van der Waals surface area contributed by atoms with Gasteiger partial charge in [-0.2, -0.15) is 0 Å². The van der Waals surface area contributed by atoms with Gasteiger partial charge in [-0.05, 0) is 36.6 Å². The highest BCUT2D eigenvalue weighted by atomic mass is 19.4. The zero-order valence-corrected chi connectivity index (χ0v) is 11.2. The second-order valence-corrected chi connectivity index (χ2v) is 5.18. The number of aliphatic hydroxyl groups excluding tert-OH is 1. The van der Waals surface area contributed by atoms with Gasteiger partial charge in [0.05, 0.1) is 6.61 Å². The Bertz CT molecular complexity index is 433. The van der Waals surface area contributed by atoms with Crippen molar-refractivity contribution in [3.8, 4) is 5.75 Å². The summed E-state index contributed by atoms with van der Waals surface area (Å²) in [5.41, 5.74) is 0.909. The molecule has 1 heterocycles. The van der Waals surface area contributed by atoms with Gasteiger partial charge >= 0.3 is 6.36 Å². The Balaban J connectivity index is 1.97. The number of ether oxygens (including phenoxy) is 1. The van der Waals surface area contributed by atoms with E-state index in [1.54, 1.807) is 12.1 Å². The topological polar surface area (TPSA) is 32.7 Å². The van der Waals surface area contributed by atoms with Crippen molar-refractivity contribution in [1.82, 2.24) is 4.90 Å². The Kier molecular flexibility index (Phi) is 4.55. The molecule has 1 aromatic carbocycles. The molecule has 1 aromatic rings. The highest BCUT2D eigenvalue weighted by molar-refractivity contribution is 5.27. The SMILES string of the molecule is CC1CCN(Cc2ccc(OC(F)(F)F)cc2)C1CO. The molecule has 3 nitrogen and oxygen atoms in total. The molecular weight excluding hydrogens is 271 g/mol. The highest BCUT2D eigenvalue weighted by Gasteiger charge is 2.32. The van der Waals surface area contributed by atoms with Crippen LogP contribution in [0.25, 0.3) is 0 Å². The summed E-state index contributed by atoms with van der Waals surface area (Å²) in [4.78, 5) is 2.16. The predicted octanol–water partition coefficient (Wildman–Crippen LogP) is 2.79. The van der Waals surface area contributed by atoms with Gasteiger partial charge in [-0.25, -0.2) is 0 Å². The summed E-state index contributed by atoms with van der Waals surface area (Å²) in [6.45, 7) is 3.73. The molecule has 0 aliphatic carbocycles. The average molecular weight is 289 g/mol. The first-order chi connectivity index (χ1) is 9.39. The minimum atomic E-state index is -4.66. The third-order valence-corrected chi connectivity index (χ3v) is 3.73. The Labute approximate surface area is 116 Å². The molecule has 6 heteroatoms. The first kappa shape index (κ1) is 15.1. The van der Waals surface area contributed by atoms with E-state index in [4.69, 9.17) is 0 Å². The first-order valence-electron chi connectivity index (χ1n) is 6.58. The highest BCUT2D eigenvalue weighted by Crippen LogP contribution is 2.27. The molecule has 2 atom stereocenters. The van der Waals surface area contributed by atoms with E-state index in [0.29, 0.717) is 12.5 Å². The zero-order chi connectivity index (χ0) is 14.8. The summed E-state index contributed by atoms with van der Waals surface area (Å²) in [5, 5.41) is 9.37. The van der Waals surface area contributed by atoms with E-state index in [1.807, 2.05) is 0 Å². The summed E-state index contributed by atoms with van der Waals surface area (Å²) in [6.07, 6.45) is -3.63. The maximum Gasteiger partial charge on any atom is 0.573 e. The number of nitrogens with zero attached hydrogens (tertiary/aromatic N) is 1. The summed E-state index contributed by atoms with van der Waals surface area (Å²) in [6, 6.07) is 6.00. The third kappa shape index (κ3) is 3.86. The summed E-state index contributed by atoms with van der Waals surface area (Å²) < 4.78 is 40.0.